The molecule has 0 aromatic heterocycles. The number of nitrogens with two attached hydrogens (primary N) is 1. The van der Waals surface area contributed by atoms with Gasteiger partial charge in [0.1, 0.15) is 5.75 Å². The van der Waals surface area contributed by atoms with Crippen LogP contribution in [0.3, 0.4) is 0 Å². The highest BCUT2D eigenvalue weighted by molar-refractivity contribution is 5.82. The van der Waals surface area contributed by atoms with Gasteiger partial charge in [0.05, 0.1) is 37.4 Å². The van der Waals surface area contributed by atoms with E-state index in [1.807, 2.05) is 0 Å². The third-order valence-electron chi connectivity index (χ3n) is 2.86. The first-order valence-electron chi connectivity index (χ1n) is 6.49. The second-order valence-corrected chi connectivity index (χ2v) is 4.17. The van der Waals surface area contributed by atoms with Crippen molar-refractivity contribution in [1.29, 1.82) is 0 Å². The molecule has 7 nitrogen and oxygen atoms in total. The molecule has 0 aliphatic heterocycles. The summed E-state index contributed by atoms with van der Waals surface area (Å²) in [4.78, 5) is 0. The summed E-state index contributed by atoms with van der Waals surface area (Å²) in [5.74, 6) is 0.503. The van der Waals surface area contributed by atoms with E-state index in [1.165, 1.54) is 7.11 Å². The number of hydrogen-bond acceptors (Lipinski definition) is 7. The lowest BCUT2D eigenvalue weighted by molar-refractivity contribution is 0.299. The molecule has 0 saturated carbocycles. The topological polar surface area (TPSA) is 120 Å². The summed E-state index contributed by atoms with van der Waals surface area (Å²) in [5, 5.41) is 33.2. The molecule has 7 N–H and O–H groups in total. The first kappa shape index (κ1) is 16.4. The van der Waals surface area contributed by atoms with Crippen LogP contribution in [-0.2, 0) is 6.42 Å². The minimum absolute atomic E-state index is 0.0124. The van der Waals surface area contributed by atoms with Crippen LogP contribution in [0, 0.1) is 0 Å². The van der Waals surface area contributed by atoms with Crippen molar-refractivity contribution >= 4 is 17.1 Å². The predicted octanol–water partition coefficient (Wildman–Crippen LogP) is -0.379. The second-order valence-electron chi connectivity index (χ2n) is 4.17. The standard InChI is InChI=1S/C13H23N3O4/c1-20-11-8-10(15-3-6-18)13(16-4-7-19)9(2-5-17)12(11)14/h8,15-19H,2-7,14H2,1H3. The number of ether oxygens (including phenoxy) is 1. The highest BCUT2D eigenvalue weighted by atomic mass is 16.5. The number of benzene rings is 1. The number of nitrogens with one attached hydrogen (secondary N) is 2. The fourth-order valence-corrected chi connectivity index (χ4v) is 1.98. The molecule has 20 heavy (non-hydrogen) atoms. The molecule has 0 aliphatic rings. The van der Waals surface area contributed by atoms with Crippen molar-refractivity contribution in [3.8, 4) is 5.75 Å². The normalized spacial score (nSPS) is 10.4. The molecule has 0 heterocycles. The lowest BCUT2D eigenvalue weighted by atomic mass is 10.0. The van der Waals surface area contributed by atoms with Gasteiger partial charge >= 0.3 is 0 Å². The van der Waals surface area contributed by atoms with Crippen LogP contribution in [0.2, 0.25) is 0 Å². The maximum absolute atomic E-state index is 9.19. The Hall–Kier alpha value is -1.70. The van der Waals surface area contributed by atoms with Crippen molar-refractivity contribution in [2.45, 2.75) is 6.42 Å². The van der Waals surface area contributed by atoms with Crippen molar-refractivity contribution in [1.82, 2.24) is 0 Å². The molecule has 0 unspecified atom stereocenters. The van der Waals surface area contributed by atoms with Crippen LogP contribution in [-0.4, -0.2) is 55.3 Å². The van der Waals surface area contributed by atoms with E-state index in [9.17, 15) is 5.11 Å². The number of aliphatic hydroxyl groups is 3. The molecule has 1 aromatic carbocycles. The van der Waals surface area contributed by atoms with Gasteiger partial charge in [0, 0.05) is 31.3 Å². The van der Waals surface area contributed by atoms with Crippen molar-refractivity contribution in [2.75, 3.05) is 56.4 Å². The zero-order valence-corrected chi connectivity index (χ0v) is 11.6. The lowest BCUT2D eigenvalue weighted by Crippen LogP contribution is -2.15. The third kappa shape index (κ3) is 3.89. The Morgan fingerprint density at radius 2 is 1.75 bits per heavy atom. The molecule has 0 bridgehead atoms. The molecule has 0 saturated heterocycles. The van der Waals surface area contributed by atoms with Gasteiger partial charge in [0.25, 0.3) is 0 Å². The van der Waals surface area contributed by atoms with E-state index in [0.717, 1.165) is 5.56 Å². The van der Waals surface area contributed by atoms with E-state index in [-0.39, 0.29) is 19.8 Å². The Labute approximate surface area is 118 Å². The van der Waals surface area contributed by atoms with Crippen LogP contribution in [0.4, 0.5) is 17.1 Å². The number of anilines is 3. The maximum atomic E-state index is 9.19. The molecular formula is C13H23N3O4. The fourth-order valence-electron chi connectivity index (χ4n) is 1.98. The molecule has 1 rings (SSSR count). The Kier molecular flexibility index (Phi) is 6.92. The van der Waals surface area contributed by atoms with Gasteiger partial charge in [-0.15, -0.1) is 0 Å². The van der Waals surface area contributed by atoms with E-state index in [2.05, 4.69) is 10.6 Å². The quantitative estimate of drug-likeness (QED) is 0.342. The monoisotopic (exact) mass is 285 g/mol. The van der Waals surface area contributed by atoms with Gasteiger partial charge in [-0.05, 0) is 6.42 Å². The van der Waals surface area contributed by atoms with Gasteiger partial charge in [-0.3, -0.25) is 0 Å². The summed E-state index contributed by atoms with van der Waals surface area (Å²) in [6.07, 6.45) is 0.366. The van der Waals surface area contributed by atoms with Gasteiger partial charge in [0.15, 0.2) is 0 Å². The van der Waals surface area contributed by atoms with Crippen LogP contribution in [0.1, 0.15) is 5.56 Å². The van der Waals surface area contributed by atoms with E-state index in [1.54, 1.807) is 6.07 Å². The summed E-state index contributed by atoms with van der Waals surface area (Å²) >= 11 is 0. The van der Waals surface area contributed by atoms with Gasteiger partial charge in [-0.25, -0.2) is 0 Å². The molecule has 0 atom stereocenters. The molecule has 0 amide bonds. The number of hydrogen-bond donors (Lipinski definition) is 6. The Morgan fingerprint density at radius 3 is 2.30 bits per heavy atom. The van der Waals surface area contributed by atoms with Gasteiger partial charge in [-0.2, -0.15) is 0 Å². The molecular weight excluding hydrogens is 262 g/mol. The second kappa shape index (κ2) is 8.47. The van der Waals surface area contributed by atoms with Crippen molar-refractivity contribution in [2.24, 2.45) is 0 Å². The van der Waals surface area contributed by atoms with Crippen molar-refractivity contribution < 1.29 is 20.1 Å². The van der Waals surface area contributed by atoms with E-state index in [0.29, 0.717) is 42.3 Å². The highest BCUT2D eigenvalue weighted by Crippen LogP contribution is 2.38. The maximum Gasteiger partial charge on any atom is 0.144 e. The largest absolute Gasteiger partial charge is 0.495 e. The first-order valence-corrected chi connectivity index (χ1v) is 6.49. The number of aliphatic hydroxyl groups excluding tert-OH is 3. The molecule has 114 valence electrons. The lowest BCUT2D eigenvalue weighted by Gasteiger charge is -2.21. The SMILES string of the molecule is COc1cc(NCCO)c(NCCO)c(CCO)c1N. The Balaban J connectivity index is 3.25. The number of nitrogen functional groups attached to an aromatic ring is 1. The van der Waals surface area contributed by atoms with Crippen LogP contribution in [0.5, 0.6) is 5.75 Å². The van der Waals surface area contributed by atoms with Crippen LogP contribution in [0.25, 0.3) is 0 Å². The number of rotatable bonds is 9. The summed E-state index contributed by atoms with van der Waals surface area (Å²) < 4.78 is 5.23. The molecule has 0 spiro atoms. The van der Waals surface area contributed by atoms with Crippen molar-refractivity contribution in [3.05, 3.63) is 11.6 Å². The predicted molar refractivity (Wildman–Crippen MR) is 79.3 cm³/mol. The Bertz CT molecular complexity index is 427. The third-order valence-corrected chi connectivity index (χ3v) is 2.86. The summed E-state index contributed by atoms with van der Waals surface area (Å²) in [5.41, 5.74) is 8.63. The average molecular weight is 285 g/mol. The van der Waals surface area contributed by atoms with Gasteiger partial charge in [0.2, 0.25) is 0 Å². The minimum Gasteiger partial charge on any atom is -0.495 e. The zero-order valence-electron chi connectivity index (χ0n) is 11.6. The average Bonchev–Trinajstić information content (AvgIpc) is 2.46. The van der Waals surface area contributed by atoms with Gasteiger partial charge < -0.3 is 36.4 Å². The fraction of sp³-hybridized carbons (Fsp3) is 0.538. The summed E-state index contributed by atoms with van der Waals surface area (Å²) in [7, 11) is 1.52. The van der Waals surface area contributed by atoms with Gasteiger partial charge in [-0.1, -0.05) is 0 Å². The van der Waals surface area contributed by atoms with Crippen LogP contribution >= 0.6 is 0 Å². The first-order chi connectivity index (χ1) is 9.69. The summed E-state index contributed by atoms with van der Waals surface area (Å²) in [6.45, 7) is 0.646. The highest BCUT2D eigenvalue weighted by Gasteiger charge is 2.16. The number of methoxy groups -OCH3 is 1. The minimum atomic E-state index is -0.0510. The molecule has 7 heteroatoms. The van der Waals surface area contributed by atoms with Crippen molar-refractivity contribution in [3.63, 3.8) is 0 Å². The molecule has 0 radical (unpaired) electrons. The molecule has 0 aliphatic carbocycles. The zero-order chi connectivity index (χ0) is 15.0. The van der Waals surface area contributed by atoms with E-state index < -0.39 is 0 Å². The van der Waals surface area contributed by atoms with E-state index in [4.69, 9.17) is 20.7 Å². The van der Waals surface area contributed by atoms with E-state index >= 15 is 0 Å². The van der Waals surface area contributed by atoms with Crippen LogP contribution in [0.15, 0.2) is 6.07 Å². The molecule has 1 aromatic rings. The smallest absolute Gasteiger partial charge is 0.144 e. The Morgan fingerprint density at radius 1 is 1.10 bits per heavy atom. The summed E-state index contributed by atoms with van der Waals surface area (Å²) in [6, 6.07) is 1.73. The van der Waals surface area contributed by atoms with Crippen LogP contribution < -0.4 is 21.1 Å². The molecule has 0 fully saturated rings.